The Morgan fingerprint density at radius 3 is 2.75 bits per heavy atom. The number of ether oxygens (including phenoxy) is 1. The van der Waals surface area contributed by atoms with Gasteiger partial charge in [0.2, 0.25) is 0 Å². The van der Waals surface area contributed by atoms with Gasteiger partial charge in [0.1, 0.15) is 0 Å². The van der Waals surface area contributed by atoms with Crippen molar-refractivity contribution in [2.45, 2.75) is 51.2 Å². The van der Waals surface area contributed by atoms with E-state index in [0.29, 0.717) is 6.42 Å². The summed E-state index contributed by atoms with van der Waals surface area (Å²) in [7, 11) is 0. The minimum absolute atomic E-state index is 0.239. The Bertz CT molecular complexity index is 152. The molecule has 0 saturated heterocycles. The summed E-state index contributed by atoms with van der Waals surface area (Å²) in [5.74, 6) is -0.810. The molecule has 1 saturated carbocycles. The van der Waals surface area contributed by atoms with Crippen LogP contribution in [-0.2, 0) is 9.53 Å². The Balaban J connectivity index is 2.21. The Morgan fingerprint density at radius 1 is 1.67 bits per heavy atom. The van der Waals surface area contributed by atoms with E-state index in [9.17, 15) is 4.79 Å². The molecule has 1 atom stereocenters. The average molecular weight is 172 g/mol. The summed E-state index contributed by atoms with van der Waals surface area (Å²) in [5, 5.41) is 8.75. The van der Waals surface area contributed by atoms with E-state index >= 15 is 0 Å². The Hall–Kier alpha value is -0.570. The maximum Gasteiger partial charge on any atom is 0.332 e. The van der Waals surface area contributed by atoms with E-state index in [0.717, 1.165) is 25.7 Å². The van der Waals surface area contributed by atoms with Gasteiger partial charge < -0.3 is 9.84 Å². The monoisotopic (exact) mass is 172 g/mol. The topological polar surface area (TPSA) is 46.5 Å². The van der Waals surface area contributed by atoms with E-state index in [4.69, 9.17) is 9.84 Å². The van der Waals surface area contributed by atoms with Gasteiger partial charge in [-0.3, -0.25) is 0 Å². The summed E-state index contributed by atoms with van der Waals surface area (Å²) < 4.78 is 5.33. The molecule has 0 aromatic rings. The van der Waals surface area contributed by atoms with Gasteiger partial charge in [0.25, 0.3) is 0 Å². The van der Waals surface area contributed by atoms with Gasteiger partial charge >= 0.3 is 5.97 Å². The molecule has 0 aromatic heterocycles. The number of unbranched alkanes of at least 4 members (excludes halogenated alkanes) is 1. The lowest BCUT2D eigenvalue weighted by Gasteiger charge is -2.11. The van der Waals surface area contributed by atoms with Crippen molar-refractivity contribution in [3.8, 4) is 0 Å². The first kappa shape index (κ1) is 9.52. The second kappa shape index (κ2) is 4.45. The first-order valence-electron chi connectivity index (χ1n) is 4.62. The van der Waals surface area contributed by atoms with Crippen molar-refractivity contribution >= 4 is 5.97 Å². The number of hydrogen-bond donors (Lipinski definition) is 1. The molecule has 0 aliphatic heterocycles. The molecule has 1 fully saturated rings. The van der Waals surface area contributed by atoms with E-state index in [-0.39, 0.29) is 6.10 Å². The number of carbonyl (C=O) groups is 1. The molecule has 1 aliphatic rings. The third-order valence-corrected chi connectivity index (χ3v) is 1.98. The molecule has 12 heavy (non-hydrogen) atoms. The van der Waals surface area contributed by atoms with Crippen molar-refractivity contribution in [2.24, 2.45) is 0 Å². The molecule has 0 heterocycles. The molecule has 0 amide bonds. The Morgan fingerprint density at radius 2 is 2.33 bits per heavy atom. The van der Waals surface area contributed by atoms with Crippen molar-refractivity contribution in [1.29, 1.82) is 0 Å². The van der Waals surface area contributed by atoms with Gasteiger partial charge in [-0.2, -0.15) is 0 Å². The molecule has 3 nitrogen and oxygen atoms in total. The summed E-state index contributed by atoms with van der Waals surface area (Å²) in [5.41, 5.74) is 0. The predicted molar refractivity (Wildman–Crippen MR) is 45.1 cm³/mol. The van der Waals surface area contributed by atoms with Crippen LogP contribution in [-0.4, -0.2) is 23.3 Å². The van der Waals surface area contributed by atoms with Crippen LogP contribution in [0, 0.1) is 0 Å². The van der Waals surface area contributed by atoms with E-state index in [1.807, 2.05) is 0 Å². The van der Waals surface area contributed by atoms with Crippen LogP contribution in [0.3, 0.4) is 0 Å². The highest BCUT2D eigenvalue weighted by molar-refractivity contribution is 5.72. The zero-order chi connectivity index (χ0) is 8.97. The first-order valence-corrected chi connectivity index (χ1v) is 4.62. The molecule has 1 N–H and O–H groups in total. The van der Waals surface area contributed by atoms with Crippen LogP contribution in [0.25, 0.3) is 0 Å². The zero-order valence-electron chi connectivity index (χ0n) is 7.45. The van der Waals surface area contributed by atoms with Gasteiger partial charge in [-0.15, -0.1) is 0 Å². The predicted octanol–water partition coefficient (Wildman–Crippen LogP) is 1.81. The Labute approximate surface area is 72.7 Å². The number of carboxylic acids is 1. The van der Waals surface area contributed by atoms with E-state index in [1.54, 1.807) is 0 Å². The van der Waals surface area contributed by atoms with Crippen molar-refractivity contribution in [3.05, 3.63) is 0 Å². The third-order valence-electron chi connectivity index (χ3n) is 1.98. The third kappa shape index (κ3) is 3.22. The highest BCUT2D eigenvalue weighted by Crippen LogP contribution is 2.26. The Kier molecular flexibility index (Phi) is 3.53. The largest absolute Gasteiger partial charge is 0.479 e. The van der Waals surface area contributed by atoms with E-state index in [1.165, 1.54) is 0 Å². The molecule has 0 spiro atoms. The van der Waals surface area contributed by atoms with E-state index < -0.39 is 12.1 Å². The molecule has 0 unspecified atom stereocenters. The van der Waals surface area contributed by atoms with Gasteiger partial charge in [0, 0.05) is 0 Å². The number of rotatable bonds is 6. The maximum atomic E-state index is 10.6. The summed E-state index contributed by atoms with van der Waals surface area (Å²) in [6.07, 6.45) is 4.37. The van der Waals surface area contributed by atoms with Crippen LogP contribution >= 0.6 is 0 Å². The van der Waals surface area contributed by atoms with Crippen molar-refractivity contribution in [3.63, 3.8) is 0 Å². The summed E-state index contributed by atoms with van der Waals surface area (Å²) in [6.45, 7) is 2.05. The SMILES string of the molecule is CCCC[C@H](OC1CC1)C(=O)O. The molecule has 0 aromatic carbocycles. The molecular weight excluding hydrogens is 156 g/mol. The zero-order valence-corrected chi connectivity index (χ0v) is 7.45. The highest BCUT2D eigenvalue weighted by atomic mass is 16.5. The fourth-order valence-corrected chi connectivity index (χ4v) is 1.08. The fraction of sp³-hybridized carbons (Fsp3) is 0.889. The molecule has 1 rings (SSSR count). The number of hydrogen-bond acceptors (Lipinski definition) is 2. The molecule has 3 heteroatoms. The molecule has 0 radical (unpaired) electrons. The van der Waals surface area contributed by atoms with E-state index in [2.05, 4.69) is 6.92 Å². The van der Waals surface area contributed by atoms with Crippen molar-refractivity contribution in [1.82, 2.24) is 0 Å². The summed E-state index contributed by atoms with van der Waals surface area (Å²) in [4.78, 5) is 10.6. The minimum Gasteiger partial charge on any atom is -0.479 e. The van der Waals surface area contributed by atoms with Gasteiger partial charge in [-0.1, -0.05) is 19.8 Å². The second-order valence-electron chi connectivity index (χ2n) is 3.30. The summed E-state index contributed by atoms with van der Waals surface area (Å²) in [6, 6.07) is 0. The van der Waals surface area contributed by atoms with Crippen LogP contribution in [0.1, 0.15) is 39.0 Å². The minimum atomic E-state index is -0.810. The highest BCUT2D eigenvalue weighted by Gasteiger charge is 2.29. The number of carboxylic acid groups (broad SMARTS) is 1. The molecule has 1 aliphatic carbocycles. The van der Waals surface area contributed by atoms with Gasteiger partial charge in [0.05, 0.1) is 6.10 Å². The lowest BCUT2D eigenvalue weighted by molar-refractivity contribution is -0.151. The standard InChI is InChI=1S/C9H16O3/c1-2-3-4-8(9(10)11)12-7-5-6-7/h7-8H,2-6H2,1H3,(H,10,11)/t8-/m0/s1. The van der Waals surface area contributed by atoms with Crippen LogP contribution in [0.2, 0.25) is 0 Å². The van der Waals surface area contributed by atoms with Crippen LogP contribution < -0.4 is 0 Å². The first-order chi connectivity index (χ1) is 5.74. The second-order valence-corrected chi connectivity index (χ2v) is 3.30. The maximum absolute atomic E-state index is 10.6. The lowest BCUT2D eigenvalue weighted by atomic mass is 10.1. The molecule has 0 bridgehead atoms. The van der Waals surface area contributed by atoms with Crippen LogP contribution in [0.5, 0.6) is 0 Å². The quantitative estimate of drug-likeness (QED) is 0.664. The van der Waals surface area contributed by atoms with Gasteiger partial charge in [0.15, 0.2) is 6.10 Å². The number of aliphatic carboxylic acids is 1. The van der Waals surface area contributed by atoms with Gasteiger partial charge in [-0.05, 0) is 19.3 Å². The average Bonchev–Trinajstić information content (AvgIpc) is 2.80. The van der Waals surface area contributed by atoms with Crippen LogP contribution in [0.15, 0.2) is 0 Å². The summed E-state index contributed by atoms with van der Waals surface area (Å²) >= 11 is 0. The van der Waals surface area contributed by atoms with Crippen molar-refractivity contribution < 1.29 is 14.6 Å². The van der Waals surface area contributed by atoms with Crippen molar-refractivity contribution in [2.75, 3.05) is 0 Å². The normalized spacial score (nSPS) is 19.1. The van der Waals surface area contributed by atoms with Gasteiger partial charge in [-0.25, -0.2) is 4.79 Å². The fourth-order valence-electron chi connectivity index (χ4n) is 1.08. The smallest absolute Gasteiger partial charge is 0.332 e. The molecule has 70 valence electrons. The lowest BCUT2D eigenvalue weighted by Crippen LogP contribution is -2.24. The molecular formula is C9H16O3. The van der Waals surface area contributed by atoms with Crippen LogP contribution in [0.4, 0.5) is 0 Å².